The molecule has 1 aliphatic carbocycles. The van der Waals surface area contributed by atoms with Crippen LogP contribution in [0.1, 0.15) is 37.3 Å². The fraction of sp³-hybridized carbons (Fsp3) is 0.647. The maximum Gasteiger partial charge on any atom is 0.0805 e. The summed E-state index contributed by atoms with van der Waals surface area (Å²) in [7, 11) is 1.88. The first-order valence-electron chi connectivity index (χ1n) is 7.87. The summed E-state index contributed by atoms with van der Waals surface area (Å²) in [5.74, 6) is 0. The van der Waals surface area contributed by atoms with Crippen LogP contribution in [-0.2, 0) is 4.74 Å². The van der Waals surface area contributed by atoms with E-state index in [4.69, 9.17) is 4.74 Å². The monoisotopic (exact) mass is 274 g/mol. The molecule has 1 saturated carbocycles. The zero-order valence-electron chi connectivity index (χ0n) is 12.5. The van der Waals surface area contributed by atoms with Gasteiger partial charge in [-0.3, -0.25) is 4.90 Å². The molecule has 1 unspecified atom stereocenters. The Kier molecular flexibility index (Phi) is 4.39. The molecular weight excluding hydrogens is 248 g/mol. The van der Waals surface area contributed by atoms with Crippen LogP contribution in [0.3, 0.4) is 0 Å². The van der Waals surface area contributed by atoms with Gasteiger partial charge in [0.25, 0.3) is 0 Å². The van der Waals surface area contributed by atoms with Crippen molar-refractivity contribution in [1.82, 2.24) is 10.2 Å². The van der Waals surface area contributed by atoms with Gasteiger partial charge in [0.15, 0.2) is 0 Å². The van der Waals surface area contributed by atoms with Gasteiger partial charge in [-0.15, -0.1) is 0 Å². The van der Waals surface area contributed by atoms with E-state index in [0.29, 0.717) is 6.04 Å². The zero-order valence-corrected chi connectivity index (χ0v) is 12.5. The minimum Gasteiger partial charge on any atom is -0.377 e. The smallest absolute Gasteiger partial charge is 0.0805 e. The van der Waals surface area contributed by atoms with E-state index < -0.39 is 0 Å². The Hall–Kier alpha value is -0.900. The maximum absolute atomic E-state index is 5.80. The molecular formula is C17H26N2O. The van der Waals surface area contributed by atoms with Crippen molar-refractivity contribution in [2.75, 3.05) is 33.3 Å². The van der Waals surface area contributed by atoms with Gasteiger partial charge >= 0.3 is 0 Å². The second kappa shape index (κ2) is 6.25. The van der Waals surface area contributed by atoms with Crippen LogP contribution in [0.15, 0.2) is 30.3 Å². The van der Waals surface area contributed by atoms with Crippen LogP contribution in [-0.4, -0.2) is 43.8 Å². The Labute approximate surface area is 122 Å². The van der Waals surface area contributed by atoms with Crippen LogP contribution in [0.25, 0.3) is 0 Å². The van der Waals surface area contributed by atoms with Crippen molar-refractivity contribution in [1.29, 1.82) is 0 Å². The average molecular weight is 274 g/mol. The van der Waals surface area contributed by atoms with E-state index in [1.165, 1.54) is 37.8 Å². The number of methoxy groups -OCH3 is 1. The third kappa shape index (κ3) is 3.05. The number of hydrogen-bond acceptors (Lipinski definition) is 3. The van der Waals surface area contributed by atoms with E-state index in [-0.39, 0.29) is 5.60 Å². The van der Waals surface area contributed by atoms with Crippen molar-refractivity contribution >= 4 is 0 Å². The summed E-state index contributed by atoms with van der Waals surface area (Å²) in [6.07, 6.45) is 5.00. The molecule has 0 amide bonds. The van der Waals surface area contributed by atoms with Gasteiger partial charge in [-0.2, -0.15) is 0 Å². The zero-order chi connectivity index (χ0) is 13.8. The molecule has 1 aromatic rings. The van der Waals surface area contributed by atoms with Crippen molar-refractivity contribution < 1.29 is 4.74 Å². The van der Waals surface area contributed by atoms with E-state index >= 15 is 0 Å². The quantitative estimate of drug-likeness (QED) is 0.913. The van der Waals surface area contributed by atoms with Crippen molar-refractivity contribution in [2.24, 2.45) is 0 Å². The molecule has 0 aromatic heterocycles. The number of benzene rings is 1. The summed E-state index contributed by atoms with van der Waals surface area (Å²) in [6, 6.07) is 11.3. The second-order valence-electron chi connectivity index (χ2n) is 6.25. The molecule has 1 aliphatic heterocycles. The predicted molar refractivity (Wildman–Crippen MR) is 81.8 cm³/mol. The van der Waals surface area contributed by atoms with Gasteiger partial charge in [0, 0.05) is 26.2 Å². The highest BCUT2D eigenvalue weighted by molar-refractivity contribution is 5.19. The van der Waals surface area contributed by atoms with Gasteiger partial charge in [0.1, 0.15) is 0 Å². The molecule has 0 radical (unpaired) electrons. The molecule has 1 N–H and O–H groups in total. The Morgan fingerprint density at radius 2 is 2.05 bits per heavy atom. The van der Waals surface area contributed by atoms with Crippen molar-refractivity contribution in [3.63, 3.8) is 0 Å². The lowest BCUT2D eigenvalue weighted by molar-refractivity contribution is -0.0915. The molecule has 1 heterocycles. The molecule has 3 heteroatoms. The summed E-state index contributed by atoms with van der Waals surface area (Å²) in [4.78, 5) is 2.60. The van der Waals surface area contributed by atoms with Crippen LogP contribution >= 0.6 is 0 Å². The molecule has 0 bridgehead atoms. The highest BCUT2D eigenvalue weighted by atomic mass is 16.5. The topological polar surface area (TPSA) is 24.5 Å². The summed E-state index contributed by atoms with van der Waals surface area (Å²) in [5.41, 5.74) is 1.55. The standard InChI is InChI=1S/C17H26N2O/c1-20-17(9-5-10-17)14-19-12-6-11-18-16(13-19)15-7-3-2-4-8-15/h2-4,7-8,16,18H,5-6,9-14H2,1H3. The third-order valence-corrected chi connectivity index (χ3v) is 4.89. The average Bonchev–Trinajstić information content (AvgIpc) is 2.69. The summed E-state index contributed by atoms with van der Waals surface area (Å²) in [5, 5.41) is 3.69. The molecule has 0 spiro atoms. The number of nitrogens with zero attached hydrogens (tertiary/aromatic N) is 1. The Morgan fingerprint density at radius 3 is 2.70 bits per heavy atom. The van der Waals surface area contributed by atoms with Crippen LogP contribution in [0.2, 0.25) is 0 Å². The molecule has 110 valence electrons. The molecule has 1 saturated heterocycles. The van der Waals surface area contributed by atoms with E-state index in [0.717, 1.165) is 19.6 Å². The first-order valence-corrected chi connectivity index (χ1v) is 7.87. The number of nitrogens with one attached hydrogen (secondary N) is 1. The highest BCUT2D eigenvalue weighted by Crippen LogP contribution is 2.36. The molecule has 3 rings (SSSR count). The van der Waals surface area contributed by atoms with Gasteiger partial charge in [-0.25, -0.2) is 0 Å². The number of ether oxygens (including phenoxy) is 1. The lowest BCUT2D eigenvalue weighted by Crippen LogP contribution is -2.50. The molecule has 1 atom stereocenters. The summed E-state index contributed by atoms with van der Waals surface area (Å²) >= 11 is 0. The van der Waals surface area contributed by atoms with Crippen molar-refractivity contribution in [3.8, 4) is 0 Å². The fourth-order valence-corrected chi connectivity index (χ4v) is 3.45. The van der Waals surface area contributed by atoms with E-state index in [1.54, 1.807) is 0 Å². The van der Waals surface area contributed by atoms with Crippen LogP contribution < -0.4 is 5.32 Å². The molecule has 2 fully saturated rings. The second-order valence-corrected chi connectivity index (χ2v) is 6.25. The van der Waals surface area contributed by atoms with Crippen molar-refractivity contribution in [3.05, 3.63) is 35.9 Å². The largest absolute Gasteiger partial charge is 0.377 e. The van der Waals surface area contributed by atoms with E-state index in [9.17, 15) is 0 Å². The van der Waals surface area contributed by atoms with Crippen molar-refractivity contribution in [2.45, 2.75) is 37.3 Å². The molecule has 3 nitrogen and oxygen atoms in total. The fourth-order valence-electron chi connectivity index (χ4n) is 3.45. The first kappa shape index (κ1) is 14.1. The predicted octanol–water partition coefficient (Wildman–Crippen LogP) is 2.59. The SMILES string of the molecule is COC1(CN2CCCNC(c3ccccc3)C2)CCC1. The lowest BCUT2D eigenvalue weighted by Gasteiger charge is -2.44. The maximum atomic E-state index is 5.80. The van der Waals surface area contributed by atoms with Crippen LogP contribution in [0.5, 0.6) is 0 Å². The number of hydrogen-bond donors (Lipinski definition) is 1. The normalized spacial score (nSPS) is 26.8. The Balaban J connectivity index is 1.66. The third-order valence-electron chi connectivity index (χ3n) is 4.89. The Morgan fingerprint density at radius 1 is 1.25 bits per heavy atom. The van der Waals surface area contributed by atoms with Gasteiger partial charge in [-0.05, 0) is 44.3 Å². The van der Waals surface area contributed by atoms with E-state index in [1.807, 2.05) is 7.11 Å². The summed E-state index contributed by atoms with van der Waals surface area (Å²) in [6.45, 7) is 4.47. The molecule has 20 heavy (non-hydrogen) atoms. The Bertz CT molecular complexity index is 411. The highest BCUT2D eigenvalue weighted by Gasteiger charge is 2.39. The minimum absolute atomic E-state index is 0.144. The lowest BCUT2D eigenvalue weighted by atomic mass is 9.79. The van der Waals surface area contributed by atoms with Crippen LogP contribution in [0.4, 0.5) is 0 Å². The minimum atomic E-state index is 0.144. The number of rotatable bonds is 4. The molecule has 1 aromatic carbocycles. The van der Waals surface area contributed by atoms with E-state index in [2.05, 4.69) is 40.5 Å². The van der Waals surface area contributed by atoms with Gasteiger partial charge < -0.3 is 10.1 Å². The molecule has 2 aliphatic rings. The van der Waals surface area contributed by atoms with Gasteiger partial charge in [-0.1, -0.05) is 30.3 Å². The van der Waals surface area contributed by atoms with Crippen LogP contribution in [0, 0.1) is 0 Å². The summed E-state index contributed by atoms with van der Waals surface area (Å²) < 4.78 is 5.80. The van der Waals surface area contributed by atoms with Gasteiger partial charge in [0.2, 0.25) is 0 Å². The van der Waals surface area contributed by atoms with Gasteiger partial charge in [0.05, 0.1) is 5.60 Å². The first-order chi connectivity index (χ1) is 9.81.